The highest BCUT2D eigenvalue weighted by Gasteiger charge is 2.32. The Balaban J connectivity index is 2.48. The molecule has 1 N–H and O–H groups in total. The van der Waals surface area contributed by atoms with Gasteiger partial charge in [-0.15, -0.1) is 0 Å². The number of rotatable bonds is 3. The maximum atomic E-state index is 11.3. The van der Waals surface area contributed by atoms with Crippen molar-refractivity contribution in [3.63, 3.8) is 0 Å². The Hall–Kier alpha value is -0.830. The predicted molar refractivity (Wildman–Crippen MR) is 46.5 cm³/mol. The summed E-state index contributed by atoms with van der Waals surface area (Å²) in [6.07, 6.45) is 4.29. The zero-order valence-corrected chi connectivity index (χ0v) is 7.38. The molecule has 0 heterocycles. The summed E-state index contributed by atoms with van der Waals surface area (Å²) >= 11 is 0. The molecule has 0 bridgehead atoms. The van der Waals surface area contributed by atoms with Crippen LogP contribution in [0.2, 0.25) is 0 Å². The SMILES string of the molecule is C=COC(=O)[C@H]1CCC[C@H]1NC. The van der Waals surface area contributed by atoms with Gasteiger partial charge in [0, 0.05) is 6.04 Å². The fourth-order valence-electron chi connectivity index (χ4n) is 1.76. The van der Waals surface area contributed by atoms with Crippen LogP contribution in [-0.2, 0) is 9.53 Å². The summed E-state index contributed by atoms with van der Waals surface area (Å²) in [5, 5.41) is 3.12. The number of carbonyl (C=O) groups is 1. The molecule has 1 aliphatic rings. The quantitative estimate of drug-likeness (QED) is 0.507. The van der Waals surface area contributed by atoms with Crippen molar-refractivity contribution in [2.45, 2.75) is 25.3 Å². The Labute approximate surface area is 72.8 Å². The van der Waals surface area contributed by atoms with Crippen molar-refractivity contribution in [3.8, 4) is 0 Å². The Morgan fingerprint density at radius 3 is 3.00 bits per heavy atom. The third-order valence-electron chi connectivity index (χ3n) is 2.39. The van der Waals surface area contributed by atoms with E-state index in [0.29, 0.717) is 0 Å². The lowest BCUT2D eigenvalue weighted by molar-refractivity contribution is -0.143. The van der Waals surface area contributed by atoms with Crippen molar-refractivity contribution in [1.29, 1.82) is 0 Å². The van der Waals surface area contributed by atoms with Crippen LogP contribution in [0, 0.1) is 5.92 Å². The largest absolute Gasteiger partial charge is 0.435 e. The first kappa shape index (κ1) is 9.26. The second-order valence-electron chi connectivity index (χ2n) is 3.04. The molecule has 1 rings (SSSR count). The van der Waals surface area contributed by atoms with Gasteiger partial charge in [0.2, 0.25) is 0 Å². The van der Waals surface area contributed by atoms with Crippen LogP contribution in [0.25, 0.3) is 0 Å². The van der Waals surface area contributed by atoms with E-state index in [1.165, 1.54) is 6.26 Å². The lowest BCUT2D eigenvalue weighted by atomic mass is 10.0. The number of esters is 1. The monoisotopic (exact) mass is 169 g/mol. The molecule has 0 aromatic carbocycles. The molecule has 3 nitrogen and oxygen atoms in total. The van der Waals surface area contributed by atoms with Crippen LogP contribution < -0.4 is 5.32 Å². The first-order chi connectivity index (χ1) is 5.79. The summed E-state index contributed by atoms with van der Waals surface area (Å²) in [7, 11) is 1.88. The second kappa shape index (κ2) is 4.26. The molecular formula is C9H15NO2. The van der Waals surface area contributed by atoms with Crippen LogP contribution in [0.4, 0.5) is 0 Å². The molecule has 2 atom stereocenters. The van der Waals surface area contributed by atoms with E-state index in [4.69, 9.17) is 4.74 Å². The highest BCUT2D eigenvalue weighted by atomic mass is 16.5. The van der Waals surface area contributed by atoms with Gasteiger partial charge in [0.15, 0.2) is 0 Å². The number of ether oxygens (including phenoxy) is 1. The minimum atomic E-state index is -0.151. The van der Waals surface area contributed by atoms with Gasteiger partial charge in [-0.05, 0) is 19.9 Å². The highest BCUT2D eigenvalue weighted by molar-refractivity contribution is 5.74. The standard InChI is InChI=1S/C9H15NO2/c1-3-12-9(11)7-5-4-6-8(7)10-2/h3,7-8,10H,1,4-6H2,2H3/t7-,8+/m0/s1. The third-order valence-corrected chi connectivity index (χ3v) is 2.39. The van der Waals surface area contributed by atoms with Crippen molar-refractivity contribution in [3.05, 3.63) is 12.8 Å². The van der Waals surface area contributed by atoms with Gasteiger partial charge in [-0.3, -0.25) is 4.79 Å². The normalized spacial score (nSPS) is 28.4. The van der Waals surface area contributed by atoms with E-state index in [9.17, 15) is 4.79 Å². The summed E-state index contributed by atoms with van der Waals surface area (Å²) in [5.74, 6) is -0.130. The lowest BCUT2D eigenvalue weighted by Gasteiger charge is -2.15. The van der Waals surface area contributed by atoms with Crippen molar-refractivity contribution >= 4 is 5.97 Å². The molecule has 0 aromatic rings. The average molecular weight is 169 g/mol. The molecule has 1 aliphatic carbocycles. The molecule has 0 amide bonds. The zero-order valence-electron chi connectivity index (χ0n) is 7.38. The van der Waals surface area contributed by atoms with Crippen molar-refractivity contribution < 1.29 is 9.53 Å². The van der Waals surface area contributed by atoms with E-state index in [0.717, 1.165) is 19.3 Å². The van der Waals surface area contributed by atoms with Crippen LogP contribution in [0.5, 0.6) is 0 Å². The molecule has 0 unspecified atom stereocenters. The summed E-state index contributed by atoms with van der Waals surface area (Å²) in [4.78, 5) is 11.3. The van der Waals surface area contributed by atoms with Gasteiger partial charge in [0.25, 0.3) is 0 Å². The van der Waals surface area contributed by atoms with Gasteiger partial charge in [-0.1, -0.05) is 13.0 Å². The second-order valence-corrected chi connectivity index (χ2v) is 3.04. The van der Waals surface area contributed by atoms with E-state index in [-0.39, 0.29) is 17.9 Å². The molecule has 68 valence electrons. The number of hydrogen-bond acceptors (Lipinski definition) is 3. The molecule has 0 spiro atoms. The Kier molecular flexibility index (Phi) is 3.29. The fraction of sp³-hybridized carbons (Fsp3) is 0.667. The first-order valence-electron chi connectivity index (χ1n) is 4.28. The minimum absolute atomic E-state index is 0.0213. The molecule has 1 saturated carbocycles. The van der Waals surface area contributed by atoms with Gasteiger partial charge in [-0.25, -0.2) is 0 Å². The van der Waals surface area contributed by atoms with Crippen molar-refractivity contribution in [2.75, 3.05) is 7.05 Å². The van der Waals surface area contributed by atoms with Crippen molar-refractivity contribution in [1.82, 2.24) is 5.32 Å². The average Bonchev–Trinajstić information content (AvgIpc) is 2.51. The van der Waals surface area contributed by atoms with Gasteiger partial charge in [-0.2, -0.15) is 0 Å². The van der Waals surface area contributed by atoms with Crippen LogP contribution >= 0.6 is 0 Å². The van der Waals surface area contributed by atoms with E-state index >= 15 is 0 Å². The molecule has 3 heteroatoms. The van der Waals surface area contributed by atoms with Gasteiger partial charge < -0.3 is 10.1 Å². The smallest absolute Gasteiger partial charge is 0.315 e. The van der Waals surface area contributed by atoms with Gasteiger partial charge in [0.1, 0.15) is 0 Å². The molecule has 12 heavy (non-hydrogen) atoms. The number of carbonyl (C=O) groups excluding carboxylic acids is 1. The van der Waals surface area contributed by atoms with E-state index in [1.54, 1.807) is 0 Å². The summed E-state index contributed by atoms with van der Waals surface area (Å²) < 4.78 is 4.74. The first-order valence-corrected chi connectivity index (χ1v) is 4.28. The Morgan fingerprint density at radius 2 is 2.42 bits per heavy atom. The summed E-state index contributed by atoms with van der Waals surface area (Å²) in [6, 6.07) is 0.289. The fourth-order valence-corrected chi connectivity index (χ4v) is 1.76. The van der Waals surface area contributed by atoms with E-state index < -0.39 is 0 Å². The molecular weight excluding hydrogens is 154 g/mol. The van der Waals surface area contributed by atoms with E-state index in [2.05, 4.69) is 11.9 Å². The molecule has 0 radical (unpaired) electrons. The number of hydrogen-bond donors (Lipinski definition) is 1. The molecule has 0 aliphatic heterocycles. The maximum absolute atomic E-state index is 11.3. The van der Waals surface area contributed by atoms with Crippen molar-refractivity contribution in [2.24, 2.45) is 5.92 Å². The Bertz CT molecular complexity index is 179. The Morgan fingerprint density at radius 1 is 1.67 bits per heavy atom. The van der Waals surface area contributed by atoms with Gasteiger partial charge in [0.05, 0.1) is 12.2 Å². The lowest BCUT2D eigenvalue weighted by Crippen LogP contribution is -2.34. The topological polar surface area (TPSA) is 38.3 Å². The number of nitrogens with one attached hydrogen (secondary N) is 1. The van der Waals surface area contributed by atoms with Crippen LogP contribution in [0.3, 0.4) is 0 Å². The minimum Gasteiger partial charge on any atom is -0.435 e. The zero-order chi connectivity index (χ0) is 8.97. The summed E-state index contributed by atoms with van der Waals surface area (Å²) in [6.45, 7) is 3.36. The summed E-state index contributed by atoms with van der Waals surface area (Å²) in [5.41, 5.74) is 0. The van der Waals surface area contributed by atoms with E-state index in [1.807, 2.05) is 7.05 Å². The third kappa shape index (κ3) is 1.85. The van der Waals surface area contributed by atoms with Crippen LogP contribution in [-0.4, -0.2) is 19.1 Å². The van der Waals surface area contributed by atoms with Crippen LogP contribution in [0.1, 0.15) is 19.3 Å². The molecule has 0 saturated heterocycles. The molecule has 0 aromatic heterocycles. The van der Waals surface area contributed by atoms with Crippen LogP contribution in [0.15, 0.2) is 12.8 Å². The van der Waals surface area contributed by atoms with Gasteiger partial charge >= 0.3 is 5.97 Å². The highest BCUT2D eigenvalue weighted by Crippen LogP contribution is 2.26. The molecule has 1 fully saturated rings. The maximum Gasteiger partial charge on any atom is 0.315 e. The predicted octanol–water partition coefficient (Wildman–Crippen LogP) is 1.06.